The van der Waals surface area contributed by atoms with Crippen LogP contribution in [0.15, 0.2) is 24.3 Å². The topological polar surface area (TPSA) is 63.6 Å². The van der Waals surface area contributed by atoms with E-state index in [1.165, 1.54) is 167 Å². The molecule has 0 aliphatic heterocycles. The van der Waals surface area contributed by atoms with E-state index in [0.717, 1.165) is 70.6 Å². The first kappa shape index (κ1) is 50.4. The van der Waals surface area contributed by atoms with Gasteiger partial charge in [0.2, 0.25) is 0 Å². The van der Waals surface area contributed by atoms with E-state index in [9.17, 15) is 9.59 Å². The van der Waals surface area contributed by atoms with Crippen molar-refractivity contribution in [2.24, 2.45) is 0 Å². The van der Waals surface area contributed by atoms with Crippen LogP contribution >= 0.6 is 0 Å². The first-order chi connectivity index (χ1) is 25.6. The third kappa shape index (κ3) is 42.8. The molecule has 0 spiro atoms. The van der Waals surface area contributed by atoms with Crippen molar-refractivity contribution in [2.45, 2.75) is 270 Å². The van der Waals surface area contributed by atoms with Gasteiger partial charge in [-0.1, -0.05) is 192 Å². The van der Waals surface area contributed by atoms with Crippen LogP contribution in [0.3, 0.4) is 0 Å². The average molecular weight is 731 g/mol. The lowest BCUT2D eigenvalue weighted by atomic mass is 10.0. The van der Waals surface area contributed by atoms with Gasteiger partial charge in [0.05, 0.1) is 0 Å². The lowest BCUT2D eigenvalue weighted by Gasteiger charge is -2.18. The SMILES string of the molecule is CCCCCCCCCC/C=C\CCCCCCCCCCCC(=O)OC(CCC/C=C\CCCCCCCCCC)CCCCCCCC(=O)O. The summed E-state index contributed by atoms with van der Waals surface area (Å²) in [7, 11) is 0. The van der Waals surface area contributed by atoms with Gasteiger partial charge in [-0.05, 0) is 83.5 Å². The van der Waals surface area contributed by atoms with Crippen molar-refractivity contribution in [1.82, 2.24) is 0 Å². The Morgan fingerprint density at radius 1 is 0.404 bits per heavy atom. The Balaban J connectivity index is 3.95. The van der Waals surface area contributed by atoms with Gasteiger partial charge >= 0.3 is 11.9 Å². The van der Waals surface area contributed by atoms with Crippen molar-refractivity contribution < 1.29 is 19.4 Å². The molecule has 0 fully saturated rings. The predicted molar refractivity (Wildman–Crippen MR) is 227 cm³/mol. The van der Waals surface area contributed by atoms with E-state index in [0.29, 0.717) is 6.42 Å². The molecule has 1 unspecified atom stereocenters. The van der Waals surface area contributed by atoms with Gasteiger partial charge in [0.15, 0.2) is 0 Å². The lowest BCUT2D eigenvalue weighted by Crippen LogP contribution is -2.18. The molecule has 1 N–H and O–H groups in total. The summed E-state index contributed by atoms with van der Waals surface area (Å²) in [5.74, 6) is -0.712. The number of hydrogen-bond acceptors (Lipinski definition) is 3. The van der Waals surface area contributed by atoms with Gasteiger partial charge in [-0.2, -0.15) is 0 Å². The fourth-order valence-corrected chi connectivity index (χ4v) is 7.18. The second kappa shape index (κ2) is 43.8. The van der Waals surface area contributed by atoms with Crippen molar-refractivity contribution in [3.05, 3.63) is 24.3 Å². The molecule has 0 bridgehead atoms. The van der Waals surface area contributed by atoms with E-state index in [1.807, 2.05) is 0 Å². The number of rotatable bonds is 43. The van der Waals surface area contributed by atoms with Crippen molar-refractivity contribution in [3.8, 4) is 0 Å². The maximum atomic E-state index is 12.7. The Morgan fingerprint density at radius 3 is 1.12 bits per heavy atom. The second-order valence-corrected chi connectivity index (χ2v) is 15.9. The van der Waals surface area contributed by atoms with Crippen LogP contribution in [0.4, 0.5) is 0 Å². The highest BCUT2D eigenvalue weighted by Gasteiger charge is 2.14. The minimum Gasteiger partial charge on any atom is -0.481 e. The van der Waals surface area contributed by atoms with Gasteiger partial charge in [0, 0.05) is 12.8 Å². The van der Waals surface area contributed by atoms with Crippen molar-refractivity contribution in [1.29, 1.82) is 0 Å². The van der Waals surface area contributed by atoms with Gasteiger partial charge in [0.1, 0.15) is 6.10 Å². The molecule has 0 aliphatic rings. The molecule has 52 heavy (non-hydrogen) atoms. The van der Waals surface area contributed by atoms with Crippen LogP contribution in [-0.4, -0.2) is 23.1 Å². The maximum Gasteiger partial charge on any atom is 0.306 e. The first-order valence-electron chi connectivity index (χ1n) is 23.3. The molecule has 0 aromatic rings. The third-order valence-electron chi connectivity index (χ3n) is 10.6. The molecular formula is C48H90O4. The number of carbonyl (C=O) groups excluding carboxylic acids is 1. The molecule has 0 saturated heterocycles. The van der Waals surface area contributed by atoms with Crippen molar-refractivity contribution in [2.75, 3.05) is 0 Å². The number of esters is 1. The van der Waals surface area contributed by atoms with Gasteiger partial charge < -0.3 is 9.84 Å². The summed E-state index contributed by atoms with van der Waals surface area (Å²) in [4.78, 5) is 23.5. The van der Waals surface area contributed by atoms with Gasteiger partial charge in [-0.15, -0.1) is 0 Å². The highest BCUT2D eigenvalue weighted by Crippen LogP contribution is 2.18. The standard InChI is InChI=1S/C48H90O4/c1-3-5-7-9-11-13-15-17-18-19-20-21-22-23-24-26-28-30-32-37-41-45-48(51)52-46(43-39-35-33-36-40-44-47(49)50)42-38-34-31-29-27-25-16-14-12-10-8-6-4-2/h19-20,29,31,46H,3-18,21-28,30,32-45H2,1-2H3,(H,49,50)/b20-19-,31-29-. The molecule has 4 heteroatoms. The minimum absolute atomic E-state index is 0.0106. The highest BCUT2D eigenvalue weighted by molar-refractivity contribution is 5.69. The Labute approximate surface area is 325 Å². The highest BCUT2D eigenvalue weighted by atomic mass is 16.5. The molecule has 0 rings (SSSR count). The largest absolute Gasteiger partial charge is 0.481 e. The molecule has 0 aromatic carbocycles. The molecule has 0 heterocycles. The zero-order valence-electron chi connectivity index (χ0n) is 35.1. The van der Waals surface area contributed by atoms with Crippen LogP contribution in [0.25, 0.3) is 0 Å². The van der Waals surface area contributed by atoms with Crippen LogP contribution in [-0.2, 0) is 14.3 Å². The lowest BCUT2D eigenvalue weighted by molar-refractivity contribution is -0.150. The zero-order chi connectivity index (χ0) is 37.8. The number of allylic oxidation sites excluding steroid dienone is 4. The first-order valence-corrected chi connectivity index (χ1v) is 23.3. The minimum atomic E-state index is -0.702. The summed E-state index contributed by atoms with van der Waals surface area (Å²) >= 11 is 0. The second-order valence-electron chi connectivity index (χ2n) is 15.9. The number of ether oxygens (including phenoxy) is 1. The molecule has 0 saturated carbocycles. The summed E-state index contributed by atoms with van der Waals surface area (Å²) in [6, 6.07) is 0. The normalized spacial score (nSPS) is 12.3. The Kier molecular flexibility index (Phi) is 42.5. The fourth-order valence-electron chi connectivity index (χ4n) is 7.18. The number of carbonyl (C=O) groups is 2. The van der Waals surface area contributed by atoms with Crippen LogP contribution in [0, 0.1) is 0 Å². The summed E-state index contributed by atoms with van der Waals surface area (Å²) in [5, 5.41) is 8.84. The molecule has 1 atom stereocenters. The van der Waals surface area contributed by atoms with Gasteiger partial charge in [-0.3, -0.25) is 9.59 Å². The van der Waals surface area contributed by atoms with E-state index in [1.54, 1.807) is 0 Å². The number of carboxylic acids is 1. The van der Waals surface area contributed by atoms with Gasteiger partial charge in [0.25, 0.3) is 0 Å². The average Bonchev–Trinajstić information content (AvgIpc) is 3.13. The van der Waals surface area contributed by atoms with E-state index in [-0.39, 0.29) is 18.5 Å². The third-order valence-corrected chi connectivity index (χ3v) is 10.6. The molecule has 0 amide bonds. The Morgan fingerprint density at radius 2 is 0.712 bits per heavy atom. The Bertz CT molecular complexity index is 787. The number of carboxylic acid groups (broad SMARTS) is 1. The maximum absolute atomic E-state index is 12.7. The summed E-state index contributed by atoms with van der Waals surface area (Å²) < 4.78 is 6.02. The molecular weight excluding hydrogens is 641 g/mol. The number of unbranched alkanes of at least 4 members (excludes halogenated alkanes) is 30. The molecule has 0 aliphatic carbocycles. The zero-order valence-corrected chi connectivity index (χ0v) is 35.1. The van der Waals surface area contributed by atoms with Crippen LogP contribution in [0.2, 0.25) is 0 Å². The molecule has 0 radical (unpaired) electrons. The quantitative estimate of drug-likeness (QED) is 0.0385. The fraction of sp³-hybridized carbons (Fsp3) is 0.875. The van der Waals surface area contributed by atoms with E-state index < -0.39 is 5.97 Å². The van der Waals surface area contributed by atoms with Crippen LogP contribution in [0.1, 0.15) is 264 Å². The molecule has 4 nitrogen and oxygen atoms in total. The molecule has 306 valence electrons. The summed E-state index contributed by atoms with van der Waals surface area (Å²) in [6.45, 7) is 4.56. The van der Waals surface area contributed by atoms with E-state index in [2.05, 4.69) is 38.2 Å². The monoisotopic (exact) mass is 731 g/mol. The van der Waals surface area contributed by atoms with Crippen LogP contribution in [0.5, 0.6) is 0 Å². The summed E-state index contributed by atoms with van der Waals surface area (Å²) in [6.07, 6.45) is 56.5. The molecule has 0 aromatic heterocycles. The van der Waals surface area contributed by atoms with E-state index >= 15 is 0 Å². The Hall–Kier alpha value is -1.58. The number of hydrogen-bond donors (Lipinski definition) is 1. The van der Waals surface area contributed by atoms with Crippen molar-refractivity contribution >= 4 is 11.9 Å². The summed E-state index contributed by atoms with van der Waals surface area (Å²) in [5.41, 5.74) is 0. The van der Waals surface area contributed by atoms with E-state index in [4.69, 9.17) is 9.84 Å². The predicted octanol–water partition coefficient (Wildman–Crippen LogP) is 16.3. The smallest absolute Gasteiger partial charge is 0.306 e. The van der Waals surface area contributed by atoms with Crippen LogP contribution < -0.4 is 0 Å². The number of aliphatic carboxylic acids is 1. The van der Waals surface area contributed by atoms with Crippen molar-refractivity contribution in [3.63, 3.8) is 0 Å². The van der Waals surface area contributed by atoms with Gasteiger partial charge in [-0.25, -0.2) is 0 Å².